The summed E-state index contributed by atoms with van der Waals surface area (Å²) in [6, 6.07) is 7.66. The number of likely N-dealkylation sites (N-methyl/N-ethyl adjacent to an activating group) is 1. The Morgan fingerprint density at radius 3 is 2.60 bits per heavy atom. The summed E-state index contributed by atoms with van der Waals surface area (Å²) >= 11 is 0. The van der Waals surface area contributed by atoms with Crippen LogP contribution in [0.2, 0.25) is 0 Å². The first-order valence-electron chi connectivity index (χ1n) is 7.09. The SMILES string of the molecule is CCNS(=O)(=O)c1ccc(N2CCCC2CNC)cc1. The van der Waals surface area contributed by atoms with Crippen molar-refractivity contribution in [2.45, 2.75) is 30.7 Å². The summed E-state index contributed by atoms with van der Waals surface area (Å²) in [5, 5.41) is 3.21. The average molecular weight is 297 g/mol. The van der Waals surface area contributed by atoms with Crippen LogP contribution < -0.4 is 14.9 Å². The summed E-state index contributed by atoms with van der Waals surface area (Å²) < 4.78 is 26.3. The third-order valence-electron chi connectivity index (χ3n) is 3.63. The summed E-state index contributed by atoms with van der Waals surface area (Å²) in [4.78, 5) is 2.67. The predicted molar refractivity (Wildman–Crippen MR) is 81.6 cm³/mol. The number of nitrogens with zero attached hydrogens (tertiary/aromatic N) is 1. The normalized spacial score (nSPS) is 19.5. The van der Waals surface area contributed by atoms with Gasteiger partial charge >= 0.3 is 0 Å². The number of anilines is 1. The minimum atomic E-state index is -3.36. The lowest BCUT2D eigenvalue weighted by Crippen LogP contribution is -2.36. The summed E-state index contributed by atoms with van der Waals surface area (Å²) in [5.74, 6) is 0. The highest BCUT2D eigenvalue weighted by Gasteiger charge is 2.24. The van der Waals surface area contributed by atoms with Crippen LogP contribution in [0.1, 0.15) is 19.8 Å². The van der Waals surface area contributed by atoms with Gasteiger partial charge in [0.15, 0.2) is 0 Å². The molecule has 1 aromatic carbocycles. The maximum atomic E-state index is 11.9. The van der Waals surface area contributed by atoms with Crippen molar-refractivity contribution in [1.29, 1.82) is 0 Å². The van der Waals surface area contributed by atoms with Crippen LogP contribution in [-0.4, -0.2) is 41.1 Å². The van der Waals surface area contributed by atoms with Gasteiger partial charge in [-0.3, -0.25) is 0 Å². The Bertz CT molecular complexity index is 528. The minimum absolute atomic E-state index is 0.326. The van der Waals surface area contributed by atoms with E-state index in [-0.39, 0.29) is 0 Å². The quantitative estimate of drug-likeness (QED) is 0.827. The van der Waals surface area contributed by atoms with E-state index in [1.807, 2.05) is 19.2 Å². The van der Waals surface area contributed by atoms with Gasteiger partial charge in [0, 0.05) is 31.4 Å². The van der Waals surface area contributed by atoms with E-state index >= 15 is 0 Å². The lowest BCUT2D eigenvalue weighted by molar-refractivity contribution is 0.584. The molecule has 1 heterocycles. The highest BCUT2D eigenvalue weighted by Crippen LogP contribution is 2.26. The van der Waals surface area contributed by atoms with Crippen LogP contribution in [-0.2, 0) is 10.0 Å². The van der Waals surface area contributed by atoms with Crippen LogP contribution in [0.3, 0.4) is 0 Å². The van der Waals surface area contributed by atoms with Crippen LogP contribution in [0.25, 0.3) is 0 Å². The second-order valence-electron chi connectivity index (χ2n) is 5.04. The van der Waals surface area contributed by atoms with E-state index < -0.39 is 10.0 Å². The molecule has 112 valence electrons. The molecule has 2 rings (SSSR count). The largest absolute Gasteiger partial charge is 0.367 e. The topological polar surface area (TPSA) is 61.4 Å². The number of rotatable bonds is 6. The molecule has 1 aliphatic heterocycles. The van der Waals surface area contributed by atoms with Gasteiger partial charge < -0.3 is 10.2 Å². The van der Waals surface area contributed by atoms with Gasteiger partial charge in [-0.15, -0.1) is 0 Å². The summed E-state index contributed by atoms with van der Waals surface area (Å²) in [5.41, 5.74) is 1.10. The van der Waals surface area contributed by atoms with Gasteiger partial charge in [-0.2, -0.15) is 0 Å². The zero-order chi connectivity index (χ0) is 14.6. The zero-order valence-corrected chi connectivity index (χ0v) is 12.9. The van der Waals surface area contributed by atoms with Crippen LogP contribution >= 0.6 is 0 Å². The standard InChI is InChI=1S/C14H23N3O2S/c1-3-16-20(18,19)14-8-6-12(7-9-14)17-10-4-5-13(17)11-15-2/h6-9,13,15-16H,3-5,10-11H2,1-2H3. The van der Waals surface area contributed by atoms with Gasteiger partial charge in [0.05, 0.1) is 4.90 Å². The smallest absolute Gasteiger partial charge is 0.240 e. The Morgan fingerprint density at radius 1 is 1.30 bits per heavy atom. The number of sulfonamides is 1. The van der Waals surface area contributed by atoms with E-state index in [2.05, 4.69) is 14.9 Å². The highest BCUT2D eigenvalue weighted by molar-refractivity contribution is 7.89. The number of nitrogens with one attached hydrogen (secondary N) is 2. The Morgan fingerprint density at radius 2 is 2.00 bits per heavy atom. The third kappa shape index (κ3) is 3.31. The molecule has 0 saturated carbocycles. The second-order valence-corrected chi connectivity index (χ2v) is 6.81. The lowest BCUT2D eigenvalue weighted by atomic mass is 10.2. The molecule has 0 aromatic heterocycles. The predicted octanol–water partition coefficient (Wildman–Crippen LogP) is 1.17. The zero-order valence-electron chi connectivity index (χ0n) is 12.1. The Balaban J connectivity index is 2.16. The molecule has 0 bridgehead atoms. The summed E-state index contributed by atoms with van der Waals surface area (Å²) in [6.45, 7) is 4.17. The van der Waals surface area contributed by atoms with Crippen LogP contribution in [0.5, 0.6) is 0 Å². The summed E-state index contributed by atoms with van der Waals surface area (Å²) in [7, 11) is -1.39. The monoisotopic (exact) mass is 297 g/mol. The molecule has 0 aliphatic carbocycles. The van der Waals surface area contributed by atoms with E-state index in [1.54, 1.807) is 19.1 Å². The molecule has 5 nitrogen and oxygen atoms in total. The van der Waals surface area contributed by atoms with Crippen LogP contribution in [0, 0.1) is 0 Å². The van der Waals surface area contributed by atoms with E-state index in [0.29, 0.717) is 17.5 Å². The Labute approximate surface area is 121 Å². The molecule has 20 heavy (non-hydrogen) atoms. The van der Waals surface area contributed by atoms with Crippen LogP contribution in [0.15, 0.2) is 29.2 Å². The molecule has 1 aromatic rings. The molecular formula is C14H23N3O2S. The van der Waals surface area contributed by atoms with Crippen molar-refractivity contribution >= 4 is 15.7 Å². The fourth-order valence-electron chi connectivity index (χ4n) is 2.71. The first-order chi connectivity index (χ1) is 9.58. The molecule has 0 amide bonds. The van der Waals surface area contributed by atoms with Gasteiger partial charge in [-0.05, 0) is 44.2 Å². The molecule has 2 N–H and O–H groups in total. The van der Waals surface area contributed by atoms with Crippen LogP contribution in [0.4, 0.5) is 5.69 Å². The van der Waals surface area contributed by atoms with Crippen molar-refractivity contribution in [3.05, 3.63) is 24.3 Å². The number of benzene rings is 1. The molecule has 1 aliphatic rings. The van der Waals surface area contributed by atoms with Crippen molar-refractivity contribution in [2.75, 3.05) is 31.6 Å². The van der Waals surface area contributed by atoms with Gasteiger partial charge in [0.1, 0.15) is 0 Å². The second kappa shape index (κ2) is 6.56. The maximum absolute atomic E-state index is 11.9. The summed E-state index contributed by atoms with van der Waals surface area (Å²) in [6.07, 6.45) is 2.36. The van der Waals surface area contributed by atoms with Gasteiger partial charge in [-0.25, -0.2) is 13.1 Å². The molecule has 1 saturated heterocycles. The van der Waals surface area contributed by atoms with E-state index in [9.17, 15) is 8.42 Å². The highest BCUT2D eigenvalue weighted by atomic mass is 32.2. The fourth-order valence-corrected chi connectivity index (χ4v) is 3.75. The Kier molecular flexibility index (Phi) is 5.01. The van der Waals surface area contributed by atoms with E-state index in [1.165, 1.54) is 12.8 Å². The first kappa shape index (κ1) is 15.3. The van der Waals surface area contributed by atoms with Crippen molar-refractivity contribution in [3.63, 3.8) is 0 Å². The van der Waals surface area contributed by atoms with Gasteiger partial charge in [0.25, 0.3) is 0 Å². The lowest BCUT2D eigenvalue weighted by Gasteiger charge is -2.26. The maximum Gasteiger partial charge on any atom is 0.240 e. The third-order valence-corrected chi connectivity index (χ3v) is 5.19. The van der Waals surface area contributed by atoms with Gasteiger partial charge in [0.2, 0.25) is 10.0 Å². The first-order valence-corrected chi connectivity index (χ1v) is 8.57. The molecule has 1 fully saturated rings. The molecule has 0 radical (unpaired) electrons. The van der Waals surface area contributed by atoms with E-state index in [4.69, 9.17) is 0 Å². The average Bonchev–Trinajstić information content (AvgIpc) is 2.87. The van der Waals surface area contributed by atoms with E-state index in [0.717, 1.165) is 18.8 Å². The molecular weight excluding hydrogens is 274 g/mol. The molecule has 0 spiro atoms. The molecule has 1 unspecified atom stereocenters. The van der Waals surface area contributed by atoms with Gasteiger partial charge in [-0.1, -0.05) is 6.92 Å². The molecule has 1 atom stereocenters. The van der Waals surface area contributed by atoms with Crippen molar-refractivity contribution in [3.8, 4) is 0 Å². The van der Waals surface area contributed by atoms with Crippen molar-refractivity contribution in [1.82, 2.24) is 10.0 Å². The number of hydrogen-bond acceptors (Lipinski definition) is 4. The molecule has 6 heteroatoms. The number of hydrogen-bond donors (Lipinski definition) is 2. The fraction of sp³-hybridized carbons (Fsp3) is 0.571. The Hall–Kier alpha value is -1.11. The minimum Gasteiger partial charge on any atom is -0.367 e. The van der Waals surface area contributed by atoms with Crippen molar-refractivity contribution < 1.29 is 8.42 Å². The van der Waals surface area contributed by atoms with Crippen molar-refractivity contribution in [2.24, 2.45) is 0 Å².